The fourth-order valence-corrected chi connectivity index (χ4v) is 1.76. The van der Waals surface area contributed by atoms with E-state index < -0.39 is 0 Å². The van der Waals surface area contributed by atoms with E-state index in [2.05, 4.69) is 18.2 Å². The van der Waals surface area contributed by atoms with Crippen LogP contribution >= 0.6 is 0 Å². The average molecular weight is 172 g/mol. The molecule has 0 N–H and O–H groups in total. The van der Waals surface area contributed by atoms with Crippen molar-refractivity contribution >= 4 is 17.9 Å². The van der Waals surface area contributed by atoms with Crippen molar-refractivity contribution < 1.29 is 4.79 Å². The maximum Gasteiger partial charge on any atom is 0.160 e. The minimum atomic E-state index is 0.156. The Labute approximate surface area is 77.4 Å². The molecule has 0 aromatic heterocycles. The van der Waals surface area contributed by atoms with Crippen LogP contribution in [0.2, 0.25) is 0 Å². The molecule has 1 aromatic rings. The number of fused-ring (bicyclic) bond motifs is 1. The second-order valence-electron chi connectivity index (χ2n) is 3.35. The van der Waals surface area contributed by atoms with Crippen molar-refractivity contribution in [2.24, 2.45) is 0 Å². The van der Waals surface area contributed by atoms with E-state index in [-0.39, 0.29) is 5.78 Å². The molecule has 0 saturated heterocycles. The first-order valence-electron chi connectivity index (χ1n) is 4.59. The highest BCUT2D eigenvalue weighted by Crippen LogP contribution is 1.98. The summed E-state index contributed by atoms with van der Waals surface area (Å²) in [6.07, 6.45) is 6.50. The lowest BCUT2D eigenvalue weighted by molar-refractivity contribution is 0.101. The molecule has 1 aliphatic carbocycles. The van der Waals surface area contributed by atoms with Crippen LogP contribution in [0.1, 0.15) is 30.1 Å². The van der Waals surface area contributed by atoms with Crippen LogP contribution in [0.3, 0.4) is 0 Å². The zero-order valence-electron chi connectivity index (χ0n) is 7.71. The summed E-state index contributed by atoms with van der Waals surface area (Å²) < 4.78 is 0. The number of ketones is 1. The molecule has 13 heavy (non-hydrogen) atoms. The Morgan fingerprint density at radius 3 is 2.77 bits per heavy atom. The molecule has 0 bridgehead atoms. The van der Waals surface area contributed by atoms with Crippen molar-refractivity contribution in [3.8, 4) is 0 Å². The van der Waals surface area contributed by atoms with Gasteiger partial charge in [0, 0.05) is 5.56 Å². The van der Waals surface area contributed by atoms with E-state index in [4.69, 9.17) is 0 Å². The number of benzene rings is 1. The standard InChI is InChI=1S/C12H12O/c1-9(13)11-8-4-6-10-5-2-3-7-12(10)11/h4-8H,2-3H2,1H3. The number of carbonyl (C=O) groups excluding carboxylic acids is 1. The number of hydrogen-bond donors (Lipinski definition) is 0. The highest BCUT2D eigenvalue weighted by atomic mass is 16.1. The Morgan fingerprint density at radius 2 is 2.00 bits per heavy atom. The summed E-state index contributed by atoms with van der Waals surface area (Å²) in [6, 6.07) is 5.92. The molecule has 66 valence electrons. The highest BCUT2D eigenvalue weighted by Gasteiger charge is 2.02. The summed E-state index contributed by atoms with van der Waals surface area (Å²) in [4.78, 5) is 11.3. The van der Waals surface area contributed by atoms with Crippen LogP contribution in [-0.2, 0) is 0 Å². The van der Waals surface area contributed by atoms with Gasteiger partial charge in [0.25, 0.3) is 0 Å². The molecule has 0 radical (unpaired) electrons. The molecular formula is C12H12O. The fraction of sp³-hybridized carbons (Fsp3) is 0.250. The molecule has 1 heteroatoms. The van der Waals surface area contributed by atoms with E-state index in [0.29, 0.717) is 0 Å². The minimum Gasteiger partial charge on any atom is -0.294 e. The summed E-state index contributed by atoms with van der Waals surface area (Å²) in [5.41, 5.74) is 0.855. The van der Waals surface area contributed by atoms with Gasteiger partial charge in [0.05, 0.1) is 0 Å². The van der Waals surface area contributed by atoms with Crippen molar-refractivity contribution in [2.75, 3.05) is 0 Å². The molecule has 0 amide bonds. The van der Waals surface area contributed by atoms with Gasteiger partial charge in [0.15, 0.2) is 5.78 Å². The Hall–Kier alpha value is -1.37. The average Bonchev–Trinajstić information content (AvgIpc) is 2.17. The van der Waals surface area contributed by atoms with Crippen LogP contribution in [0.25, 0.3) is 12.2 Å². The molecule has 0 unspecified atom stereocenters. The normalized spacial score (nSPS) is 13.9. The predicted molar refractivity (Wildman–Crippen MR) is 53.9 cm³/mol. The summed E-state index contributed by atoms with van der Waals surface area (Å²) in [7, 11) is 0. The highest BCUT2D eigenvalue weighted by molar-refractivity contribution is 5.94. The summed E-state index contributed by atoms with van der Waals surface area (Å²) in [5.74, 6) is 0.156. The van der Waals surface area contributed by atoms with E-state index >= 15 is 0 Å². The largest absolute Gasteiger partial charge is 0.294 e. The third-order valence-corrected chi connectivity index (χ3v) is 2.40. The fourth-order valence-electron chi connectivity index (χ4n) is 1.76. The van der Waals surface area contributed by atoms with Crippen molar-refractivity contribution in [3.05, 3.63) is 34.2 Å². The van der Waals surface area contributed by atoms with Gasteiger partial charge >= 0.3 is 0 Å². The summed E-state index contributed by atoms with van der Waals surface area (Å²) in [5, 5.41) is 2.33. The lowest BCUT2D eigenvalue weighted by Crippen LogP contribution is -2.31. The quantitative estimate of drug-likeness (QED) is 0.582. The first kappa shape index (κ1) is 8.24. The maximum atomic E-state index is 11.3. The molecule has 1 nitrogen and oxygen atoms in total. The molecule has 0 spiro atoms. The van der Waals surface area contributed by atoms with Gasteiger partial charge in [-0.2, -0.15) is 0 Å². The Balaban J connectivity index is 2.81. The Bertz CT molecular complexity index is 455. The van der Waals surface area contributed by atoms with Gasteiger partial charge in [-0.1, -0.05) is 30.4 Å². The van der Waals surface area contributed by atoms with E-state index in [1.54, 1.807) is 6.92 Å². The summed E-state index contributed by atoms with van der Waals surface area (Å²) >= 11 is 0. The molecule has 0 saturated carbocycles. The van der Waals surface area contributed by atoms with E-state index in [9.17, 15) is 4.79 Å². The molecule has 1 aromatic carbocycles. The van der Waals surface area contributed by atoms with Crippen LogP contribution in [0.15, 0.2) is 18.2 Å². The molecule has 1 aliphatic rings. The van der Waals surface area contributed by atoms with Gasteiger partial charge in [0.2, 0.25) is 0 Å². The first-order valence-corrected chi connectivity index (χ1v) is 4.59. The smallest absolute Gasteiger partial charge is 0.160 e. The molecule has 0 aliphatic heterocycles. The van der Waals surface area contributed by atoms with Crippen molar-refractivity contribution in [3.63, 3.8) is 0 Å². The second kappa shape index (κ2) is 3.17. The topological polar surface area (TPSA) is 17.1 Å². The lowest BCUT2D eigenvalue weighted by Gasteiger charge is -2.03. The van der Waals surface area contributed by atoms with Crippen LogP contribution in [0.4, 0.5) is 0 Å². The van der Waals surface area contributed by atoms with Crippen LogP contribution in [0, 0.1) is 0 Å². The third-order valence-electron chi connectivity index (χ3n) is 2.40. The SMILES string of the molecule is CC(=O)c1cccc2c1=CCCC=2. The lowest BCUT2D eigenvalue weighted by atomic mass is 10.0. The van der Waals surface area contributed by atoms with E-state index in [1.165, 1.54) is 5.22 Å². The second-order valence-corrected chi connectivity index (χ2v) is 3.35. The summed E-state index contributed by atoms with van der Waals surface area (Å²) in [6.45, 7) is 1.62. The van der Waals surface area contributed by atoms with Gasteiger partial charge in [-0.15, -0.1) is 0 Å². The maximum absolute atomic E-state index is 11.3. The molecule has 0 atom stereocenters. The monoisotopic (exact) mass is 172 g/mol. The van der Waals surface area contributed by atoms with Crippen LogP contribution in [-0.4, -0.2) is 5.78 Å². The Kier molecular flexibility index (Phi) is 2.01. The van der Waals surface area contributed by atoms with Crippen molar-refractivity contribution in [2.45, 2.75) is 19.8 Å². The molecule has 2 rings (SSSR count). The third kappa shape index (κ3) is 1.42. The number of rotatable bonds is 1. The van der Waals surface area contributed by atoms with Gasteiger partial charge < -0.3 is 0 Å². The first-order chi connectivity index (χ1) is 6.29. The molecule has 0 fully saturated rings. The minimum absolute atomic E-state index is 0.156. The van der Waals surface area contributed by atoms with Crippen molar-refractivity contribution in [1.29, 1.82) is 0 Å². The van der Waals surface area contributed by atoms with E-state index in [0.717, 1.165) is 23.6 Å². The number of hydrogen-bond acceptors (Lipinski definition) is 1. The molecule has 0 heterocycles. The van der Waals surface area contributed by atoms with Crippen LogP contribution < -0.4 is 10.4 Å². The zero-order valence-corrected chi connectivity index (χ0v) is 7.71. The van der Waals surface area contributed by atoms with Gasteiger partial charge in [-0.3, -0.25) is 4.79 Å². The number of Topliss-reactive ketones (excluding diaryl/α,β-unsaturated/α-hetero) is 1. The van der Waals surface area contributed by atoms with E-state index in [1.807, 2.05) is 12.1 Å². The zero-order chi connectivity index (χ0) is 9.26. The predicted octanol–water partition coefficient (Wildman–Crippen LogP) is 1.24. The number of carbonyl (C=O) groups is 1. The van der Waals surface area contributed by atoms with Crippen molar-refractivity contribution in [1.82, 2.24) is 0 Å². The van der Waals surface area contributed by atoms with Gasteiger partial charge in [-0.25, -0.2) is 0 Å². The van der Waals surface area contributed by atoms with Gasteiger partial charge in [0.1, 0.15) is 0 Å². The van der Waals surface area contributed by atoms with Crippen LogP contribution in [0.5, 0.6) is 0 Å². The Morgan fingerprint density at radius 1 is 1.23 bits per heavy atom. The van der Waals surface area contributed by atoms with Gasteiger partial charge in [-0.05, 0) is 30.2 Å². The molecular weight excluding hydrogens is 160 g/mol.